The lowest BCUT2D eigenvalue weighted by atomic mass is 9.98. The highest BCUT2D eigenvalue weighted by Gasteiger charge is 2.25. The average Bonchev–Trinajstić information content (AvgIpc) is 2.61. The molecule has 25 heavy (non-hydrogen) atoms. The fourth-order valence-electron chi connectivity index (χ4n) is 2.66. The van der Waals surface area contributed by atoms with Gasteiger partial charge in [-0.2, -0.15) is 8.42 Å². The molecule has 0 atom stereocenters. The van der Waals surface area contributed by atoms with Crippen LogP contribution in [0.3, 0.4) is 0 Å². The number of nitro benzene ring substituents is 1. The summed E-state index contributed by atoms with van der Waals surface area (Å²) in [7, 11) is -4.62. The van der Waals surface area contributed by atoms with Gasteiger partial charge in [-0.25, -0.2) is 0 Å². The molecule has 0 aromatic heterocycles. The Morgan fingerprint density at radius 1 is 0.800 bits per heavy atom. The Balaban J connectivity index is 2.28. The van der Waals surface area contributed by atoms with Gasteiger partial charge in [0.05, 0.1) is 10.5 Å². The minimum atomic E-state index is -4.62. The molecule has 0 aliphatic carbocycles. The Kier molecular flexibility index (Phi) is 4.35. The van der Waals surface area contributed by atoms with Crippen LogP contribution in [0.15, 0.2) is 77.7 Å². The monoisotopic (exact) mass is 355 g/mol. The predicted molar refractivity (Wildman–Crippen MR) is 93.8 cm³/mol. The maximum absolute atomic E-state index is 11.7. The molecule has 3 rings (SSSR count). The second-order valence-electron chi connectivity index (χ2n) is 5.33. The topological polar surface area (TPSA) is 97.5 Å². The van der Waals surface area contributed by atoms with Gasteiger partial charge in [0.25, 0.3) is 15.8 Å². The van der Waals surface area contributed by atoms with Gasteiger partial charge in [-0.3, -0.25) is 14.7 Å². The van der Waals surface area contributed by atoms with Gasteiger partial charge >= 0.3 is 0 Å². The van der Waals surface area contributed by atoms with Gasteiger partial charge in [0.2, 0.25) is 0 Å². The van der Waals surface area contributed by atoms with Crippen LogP contribution >= 0.6 is 0 Å². The molecule has 0 amide bonds. The van der Waals surface area contributed by atoms with E-state index >= 15 is 0 Å². The van der Waals surface area contributed by atoms with Crippen LogP contribution in [-0.2, 0) is 10.1 Å². The zero-order valence-corrected chi connectivity index (χ0v) is 13.7. The summed E-state index contributed by atoms with van der Waals surface area (Å²) in [5, 5.41) is 11.4. The minimum absolute atomic E-state index is 0.132. The number of nitro groups is 1. The van der Waals surface area contributed by atoms with E-state index in [1.165, 1.54) is 12.1 Å². The number of hydrogen-bond donors (Lipinski definition) is 1. The molecule has 0 aliphatic rings. The molecule has 0 unspecified atom stereocenters. The first kappa shape index (κ1) is 16.8. The van der Waals surface area contributed by atoms with Crippen molar-refractivity contribution in [2.24, 2.45) is 0 Å². The fourth-order valence-corrected chi connectivity index (χ4v) is 3.39. The van der Waals surface area contributed by atoms with E-state index < -0.39 is 19.9 Å². The molecule has 0 fully saturated rings. The van der Waals surface area contributed by atoms with Gasteiger partial charge in [-0.1, -0.05) is 54.6 Å². The Labute approximate surface area is 144 Å². The second-order valence-corrected chi connectivity index (χ2v) is 6.72. The van der Waals surface area contributed by atoms with E-state index in [-0.39, 0.29) is 11.3 Å². The molecule has 1 N–H and O–H groups in total. The predicted octanol–water partition coefficient (Wildman–Crippen LogP) is 4.18. The normalized spacial score (nSPS) is 11.2. The van der Waals surface area contributed by atoms with Gasteiger partial charge in [0, 0.05) is 6.07 Å². The molecule has 126 valence electrons. The quantitative estimate of drug-likeness (QED) is 0.430. The van der Waals surface area contributed by atoms with Gasteiger partial charge in [0.1, 0.15) is 4.90 Å². The van der Waals surface area contributed by atoms with Crippen molar-refractivity contribution in [1.82, 2.24) is 0 Å². The summed E-state index contributed by atoms with van der Waals surface area (Å²) in [5.74, 6) is 0. The summed E-state index contributed by atoms with van der Waals surface area (Å²) < 4.78 is 32.9. The molecule has 6 nitrogen and oxygen atoms in total. The van der Waals surface area contributed by atoms with Crippen molar-refractivity contribution < 1.29 is 17.9 Å². The fraction of sp³-hybridized carbons (Fsp3) is 0. The van der Waals surface area contributed by atoms with Crippen LogP contribution in [0.4, 0.5) is 5.69 Å². The smallest absolute Gasteiger partial charge is 0.282 e. The molecule has 0 spiro atoms. The summed E-state index contributed by atoms with van der Waals surface area (Å²) in [6, 6.07) is 19.7. The molecule has 3 aromatic carbocycles. The van der Waals surface area contributed by atoms with Crippen LogP contribution in [0.25, 0.3) is 22.3 Å². The number of hydrogen-bond acceptors (Lipinski definition) is 4. The maximum Gasteiger partial charge on any atom is 0.295 e. The minimum Gasteiger partial charge on any atom is -0.282 e. The van der Waals surface area contributed by atoms with E-state index in [0.717, 1.165) is 17.2 Å². The Morgan fingerprint density at radius 2 is 1.40 bits per heavy atom. The van der Waals surface area contributed by atoms with E-state index in [0.29, 0.717) is 5.56 Å². The number of rotatable bonds is 4. The van der Waals surface area contributed by atoms with Gasteiger partial charge in [-0.15, -0.1) is 0 Å². The lowest BCUT2D eigenvalue weighted by molar-refractivity contribution is -0.384. The second kappa shape index (κ2) is 6.46. The van der Waals surface area contributed by atoms with Crippen molar-refractivity contribution >= 4 is 15.8 Å². The Morgan fingerprint density at radius 3 is 2.04 bits per heavy atom. The summed E-state index contributed by atoms with van der Waals surface area (Å²) in [4.78, 5) is 10.2. The first-order valence-electron chi connectivity index (χ1n) is 7.28. The Hall–Kier alpha value is -3.03. The summed E-state index contributed by atoms with van der Waals surface area (Å²) in [6.07, 6.45) is 0. The zero-order valence-electron chi connectivity index (χ0n) is 12.9. The van der Waals surface area contributed by atoms with Crippen molar-refractivity contribution in [1.29, 1.82) is 0 Å². The molecular weight excluding hydrogens is 342 g/mol. The highest BCUT2D eigenvalue weighted by Crippen LogP contribution is 2.37. The SMILES string of the molecule is O=[N+]([O-])c1cccc(S(=O)(=O)O)c1-c1cccc(-c2ccccc2)c1. The average molecular weight is 355 g/mol. The van der Waals surface area contributed by atoms with Crippen molar-refractivity contribution in [3.8, 4) is 22.3 Å². The first-order valence-corrected chi connectivity index (χ1v) is 8.72. The molecular formula is C18H13NO5S. The molecule has 0 radical (unpaired) electrons. The molecule has 0 heterocycles. The van der Waals surface area contributed by atoms with Crippen LogP contribution in [0, 0.1) is 10.1 Å². The Bertz CT molecular complexity index is 1050. The standard InChI is InChI=1S/C18H13NO5S/c20-19(21)16-10-5-11-17(25(22,23)24)18(16)15-9-4-8-14(12-15)13-6-2-1-3-7-13/h1-12H,(H,22,23,24). The largest absolute Gasteiger partial charge is 0.295 e. The molecule has 0 saturated carbocycles. The number of benzene rings is 3. The van der Waals surface area contributed by atoms with E-state index in [9.17, 15) is 23.1 Å². The van der Waals surface area contributed by atoms with Gasteiger partial charge < -0.3 is 0 Å². The van der Waals surface area contributed by atoms with E-state index in [4.69, 9.17) is 0 Å². The molecule has 0 bridgehead atoms. The zero-order chi connectivity index (χ0) is 18.0. The number of nitrogens with zero attached hydrogens (tertiary/aromatic N) is 1. The summed E-state index contributed by atoms with van der Waals surface area (Å²) in [6.45, 7) is 0. The molecule has 0 saturated heterocycles. The van der Waals surface area contributed by atoms with Crippen molar-refractivity contribution in [2.45, 2.75) is 4.90 Å². The first-order chi connectivity index (χ1) is 11.9. The third-order valence-corrected chi connectivity index (χ3v) is 4.63. The van der Waals surface area contributed by atoms with E-state index in [1.807, 2.05) is 36.4 Å². The van der Waals surface area contributed by atoms with Crippen LogP contribution in [0.1, 0.15) is 0 Å². The molecule has 0 aliphatic heterocycles. The van der Waals surface area contributed by atoms with Crippen molar-refractivity contribution in [3.05, 3.63) is 82.9 Å². The van der Waals surface area contributed by atoms with Crippen LogP contribution in [0.5, 0.6) is 0 Å². The summed E-state index contributed by atoms with van der Waals surface area (Å²) >= 11 is 0. The van der Waals surface area contributed by atoms with Crippen molar-refractivity contribution in [3.63, 3.8) is 0 Å². The van der Waals surface area contributed by atoms with Gasteiger partial charge in [0.15, 0.2) is 0 Å². The highest BCUT2D eigenvalue weighted by atomic mass is 32.2. The third-order valence-electron chi connectivity index (χ3n) is 3.74. The van der Waals surface area contributed by atoms with E-state index in [2.05, 4.69) is 0 Å². The molecule has 7 heteroatoms. The lowest BCUT2D eigenvalue weighted by Gasteiger charge is -2.10. The van der Waals surface area contributed by atoms with Crippen LogP contribution < -0.4 is 0 Å². The van der Waals surface area contributed by atoms with Crippen molar-refractivity contribution in [2.75, 3.05) is 0 Å². The van der Waals surface area contributed by atoms with Gasteiger partial charge in [-0.05, 0) is 28.8 Å². The lowest BCUT2D eigenvalue weighted by Crippen LogP contribution is -2.03. The van der Waals surface area contributed by atoms with E-state index in [1.54, 1.807) is 18.2 Å². The highest BCUT2D eigenvalue weighted by molar-refractivity contribution is 7.86. The molecule has 3 aromatic rings. The maximum atomic E-state index is 11.7. The van der Waals surface area contributed by atoms with Crippen LogP contribution in [-0.4, -0.2) is 17.9 Å². The summed E-state index contributed by atoms with van der Waals surface area (Å²) in [5.41, 5.74) is 1.48. The van der Waals surface area contributed by atoms with Crippen LogP contribution in [0.2, 0.25) is 0 Å². The third kappa shape index (κ3) is 3.42.